The van der Waals surface area contributed by atoms with Crippen LogP contribution >= 0.6 is 15.9 Å². The van der Waals surface area contributed by atoms with Crippen molar-refractivity contribution in [3.63, 3.8) is 0 Å². The topological polar surface area (TPSA) is 58.6 Å². The van der Waals surface area contributed by atoms with Crippen molar-refractivity contribution >= 4 is 27.9 Å². The Morgan fingerprint density at radius 2 is 1.81 bits per heavy atom. The van der Waals surface area contributed by atoms with Crippen molar-refractivity contribution in [1.82, 2.24) is 10.2 Å². The predicted molar refractivity (Wildman–Crippen MR) is 106 cm³/mol. The number of fused-ring (bicyclic) bond motifs is 2. The molecule has 4 rings (SSSR count). The molecule has 0 unspecified atom stereocenters. The predicted octanol–water partition coefficient (Wildman–Crippen LogP) is 3.86. The number of benzene rings is 2. The van der Waals surface area contributed by atoms with Crippen molar-refractivity contribution in [2.75, 3.05) is 19.6 Å². The number of rotatable bonds is 3. The highest BCUT2D eigenvalue weighted by Crippen LogP contribution is 2.43. The molecule has 0 radical (unpaired) electrons. The van der Waals surface area contributed by atoms with Gasteiger partial charge in [0.2, 0.25) is 0 Å². The van der Waals surface area contributed by atoms with Crippen LogP contribution in [-0.4, -0.2) is 36.5 Å². The van der Waals surface area contributed by atoms with Gasteiger partial charge in [0.25, 0.3) is 0 Å². The van der Waals surface area contributed by atoms with Gasteiger partial charge in [-0.3, -0.25) is 0 Å². The van der Waals surface area contributed by atoms with Crippen molar-refractivity contribution in [1.29, 1.82) is 0 Å². The lowest BCUT2D eigenvalue weighted by molar-refractivity contribution is -0.0369. The maximum absolute atomic E-state index is 12.5. The normalized spacial score (nSPS) is 17.5. The average Bonchev–Trinajstić information content (AvgIpc) is 2.96. The van der Waals surface area contributed by atoms with Gasteiger partial charge in [0.1, 0.15) is 5.60 Å². The minimum atomic E-state index is -0.568. The number of ether oxygens (including phenoxy) is 1. The van der Waals surface area contributed by atoms with Gasteiger partial charge in [-0.2, -0.15) is 0 Å². The Morgan fingerprint density at radius 3 is 2.56 bits per heavy atom. The van der Waals surface area contributed by atoms with Gasteiger partial charge in [-0.25, -0.2) is 9.59 Å². The van der Waals surface area contributed by atoms with Gasteiger partial charge in [-0.1, -0.05) is 46.3 Å². The van der Waals surface area contributed by atoms with Crippen molar-refractivity contribution in [2.24, 2.45) is 0 Å². The highest BCUT2D eigenvalue weighted by atomic mass is 79.9. The van der Waals surface area contributed by atoms with E-state index >= 15 is 0 Å². The van der Waals surface area contributed by atoms with Gasteiger partial charge in [0, 0.05) is 42.5 Å². The monoisotopic (exact) mass is 428 g/mol. The number of esters is 1. The fraction of sp³-hybridized carbons (Fsp3) is 0.333. The molecule has 2 aromatic rings. The zero-order valence-electron chi connectivity index (χ0n) is 14.9. The molecule has 140 valence electrons. The van der Waals surface area contributed by atoms with E-state index in [1.54, 1.807) is 0 Å². The smallest absolute Gasteiger partial charge is 0.339 e. The number of hydrogen-bond acceptors (Lipinski definition) is 3. The molecule has 2 aliphatic rings. The molecule has 2 amide bonds. The Hall–Kier alpha value is -2.34. The van der Waals surface area contributed by atoms with Gasteiger partial charge in [0.05, 0.1) is 5.56 Å². The number of amides is 2. The molecule has 1 spiro atoms. The minimum absolute atomic E-state index is 0.0560. The Bertz CT molecular complexity index is 858. The van der Waals surface area contributed by atoms with E-state index in [0.29, 0.717) is 38.0 Å². The lowest BCUT2D eigenvalue weighted by atomic mass is 9.84. The third kappa shape index (κ3) is 3.58. The summed E-state index contributed by atoms with van der Waals surface area (Å²) in [4.78, 5) is 26.4. The highest BCUT2D eigenvalue weighted by molar-refractivity contribution is 9.10. The molecule has 5 nitrogen and oxygen atoms in total. The zero-order valence-corrected chi connectivity index (χ0v) is 16.5. The van der Waals surface area contributed by atoms with E-state index in [4.69, 9.17) is 4.74 Å². The van der Waals surface area contributed by atoms with E-state index in [2.05, 4.69) is 21.2 Å². The summed E-state index contributed by atoms with van der Waals surface area (Å²) in [5.74, 6) is -0.252. The molecule has 1 N–H and O–H groups in total. The molecule has 1 fully saturated rings. The van der Waals surface area contributed by atoms with E-state index in [0.717, 1.165) is 16.5 Å². The van der Waals surface area contributed by atoms with Crippen LogP contribution in [0.2, 0.25) is 0 Å². The summed E-state index contributed by atoms with van der Waals surface area (Å²) in [6.07, 6.45) is 2.06. The lowest BCUT2D eigenvalue weighted by Crippen LogP contribution is -2.49. The van der Waals surface area contributed by atoms with Gasteiger partial charge in [-0.15, -0.1) is 0 Å². The first kappa shape index (κ1) is 18.0. The van der Waals surface area contributed by atoms with Crippen molar-refractivity contribution in [3.8, 4) is 0 Å². The van der Waals surface area contributed by atoms with Crippen LogP contribution in [0.5, 0.6) is 0 Å². The van der Waals surface area contributed by atoms with Crippen molar-refractivity contribution in [2.45, 2.75) is 24.9 Å². The van der Waals surface area contributed by atoms with Crippen molar-refractivity contribution in [3.05, 3.63) is 69.7 Å². The summed E-state index contributed by atoms with van der Waals surface area (Å²) in [6.45, 7) is 1.75. The van der Waals surface area contributed by atoms with Crippen LogP contribution in [0.3, 0.4) is 0 Å². The van der Waals surface area contributed by atoms with Crippen LogP contribution < -0.4 is 5.32 Å². The Morgan fingerprint density at radius 1 is 1.11 bits per heavy atom. The fourth-order valence-electron chi connectivity index (χ4n) is 3.86. The molecule has 2 heterocycles. The molecule has 27 heavy (non-hydrogen) atoms. The molecule has 2 aromatic carbocycles. The molecule has 0 aromatic heterocycles. The summed E-state index contributed by atoms with van der Waals surface area (Å²) < 4.78 is 6.78. The quantitative estimate of drug-likeness (QED) is 0.754. The van der Waals surface area contributed by atoms with Crippen LogP contribution in [0.25, 0.3) is 0 Å². The molecular weight excluding hydrogens is 408 g/mol. The van der Waals surface area contributed by atoms with Crippen LogP contribution in [0.4, 0.5) is 4.79 Å². The summed E-state index contributed by atoms with van der Waals surface area (Å²) >= 11 is 3.42. The maximum atomic E-state index is 12.5. The van der Waals surface area contributed by atoms with E-state index in [-0.39, 0.29) is 12.0 Å². The van der Waals surface area contributed by atoms with Crippen LogP contribution in [-0.2, 0) is 16.8 Å². The molecule has 0 aliphatic carbocycles. The Kier molecular flexibility index (Phi) is 4.91. The van der Waals surface area contributed by atoms with Gasteiger partial charge in [0.15, 0.2) is 0 Å². The Balaban J connectivity index is 1.31. The summed E-state index contributed by atoms with van der Waals surface area (Å²) in [5.41, 5.74) is 2.24. The summed E-state index contributed by atoms with van der Waals surface area (Å²) in [6, 6.07) is 15.6. The average molecular weight is 429 g/mol. The van der Waals surface area contributed by atoms with Crippen LogP contribution in [0.1, 0.15) is 34.3 Å². The number of carbonyl (C=O) groups excluding carboxylic acids is 2. The molecule has 0 saturated carbocycles. The van der Waals surface area contributed by atoms with Crippen molar-refractivity contribution < 1.29 is 14.3 Å². The van der Waals surface area contributed by atoms with E-state index in [9.17, 15) is 9.59 Å². The Labute approximate surface area is 166 Å². The molecule has 0 bridgehead atoms. The highest BCUT2D eigenvalue weighted by Gasteiger charge is 2.47. The SMILES string of the molecule is O=C1OC2(CCN(C(=O)NCCc3ccc(Br)cc3)CC2)c2ccccc21. The first-order valence-corrected chi connectivity index (χ1v) is 9.97. The third-order valence-corrected chi connectivity index (χ3v) is 5.92. The first-order valence-electron chi connectivity index (χ1n) is 9.17. The number of likely N-dealkylation sites (tertiary alicyclic amines) is 1. The second-order valence-corrected chi connectivity index (χ2v) is 7.94. The van der Waals surface area contributed by atoms with Crippen LogP contribution in [0, 0.1) is 0 Å². The second-order valence-electron chi connectivity index (χ2n) is 7.02. The molecule has 6 heteroatoms. The molecular formula is C21H21BrN2O3. The molecule has 0 atom stereocenters. The first-order chi connectivity index (χ1) is 13.1. The zero-order chi connectivity index (χ0) is 18.9. The number of urea groups is 1. The molecule has 1 saturated heterocycles. The number of halogens is 1. The fourth-order valence-corrected chi connectivity index (χ4v) is 4.13. The minimum Gasteiger partial charge on any atom is -0.450 e. The van der Waals surface area contributed by atoms with E-state index in [1.807, 2.05) is 53.4 Å². The molecule has 2 aliphatic heterocycles. The van der Waals surface area contributed by atoms with E-state index < -0.39 is 5.60 Å². The standard InChI is InChI=1S/C21H21BrN2O3/c22-16-7-5-15(6-8-16)9-12-23-20(26)24-13-10-21(11-14-24)18-4-2-1-3-17(18)19(25)27-21/h1-8H,9-14H2,(H,23,26). The lowest BCUT2D eigenvalue weighted by Gasteiger charge is -2.38. The second kappa shape index (κ2) is 7.35. The maximum Gasteiger partial charge on any atom is 0.339 e. The van der Waals surface area contributed by atoms with Gasteiger partial charge >= 0.3 is 12.0 Å². The number of nitrogens with one attached hydrogen (secondary N) is 1. The summed E-state index contributed by atoms with van der Waals surface area (Å²) in [7, 11) is 0. The summed E-state index contributed by atoms with van der Waals surface area (Å²) in [5, 5.41) is 2.99. The van der Waals surface area contributed by atoms with E-state index in [1.165, 1.54) is 5.56 Å². The number of nitrogens with zero attached hydrogens (tertiary/aromatic N) is 1. The largest absolute Gasteiger partial charge is 0.450 e. The number of hydrogen-bond donors (Lipinski definition) is 1. The van der Waals surface area contributed by atoms with Gasteiger partial charge < -0.3 is 15.0 Å². The number of carbonyl (C=O) groups is 2. The van der Waals surface area contributed by atoms with Crippen LogP contribution in [0.15, 0.2) is 53.0 Å². The number of piperidine rings is 1. The van der Waals surface area contributed by atoms with Gasteiger partial charge in [-0.05, 0) is 30.2 Å². The third-order valence-electron chi connectivity index (χ3n) is 5.39.